The van der Waals surface area contributed by atoms with Crippen LogP contribution < -0.4 is 0 Å². The molecule has 1 heterocycles. The molecule has 2 nitrogen and oxygen atoms in total. The summed E-state index contributed by atoms with van der Waals surface area (Å²) < 4.78 is 5.72. The second-order valence-electron chi connectivity index (χ2n) is 4.41. The lowest BCUT2D eigenvalue weighted by atomic mass is 9.79. The summed E-state index contributed by atoms with van der Waals surface area (Å²) in [6.07, 6.45) is 9.45. The Morgan fingerprint density at radius 2 is 1.92 bits per heavy atom. The van der Waals surface area contributed by atoms with Crippen LogP contribution in [-0.4, -0.2) is 19.0 Å². The van der Waals surface area contributed by atoms with Gasteiger partial charge in [0.15, 0.2) is 0 Å². The Balaban J connectivity index is 2.05. The third-order valence-electron chi connectivity index (χ3n) is 3.59. The Morgan fingerprint density at radius 1 is 1.15 bits per heavy atom. The van der Waals surface area contributed by atoms with Crippen LogP contribution in [0.4, 0.5) is 0 Å². The molecular formula is C11H18O2. The predicted octanol–water partition coefficient (Wildman–Crippen LogP) is 2.31. The zero-order valence-electron chi connectivity index (χ0n) is 8.13. The minimum absolute atomic E-state index is 0.0968. The maximum Gasteiger partial charge on any atom is 0.128 e. The minimum Gasteiger partial charge on any atom is -0.377 e. The van der Waals surface area contributed by atoms with Gasteiger partial charge in [-0.25, -0.2) is 0 Å². The van der Waals surface area contributed by atoms with Crippen molar-refractivity contribution in [3.05, 3.63) is 0 Å². The van der Waals surface area contributed by atoms with Crippen molar-refractivity contribution in [2.45, 2.75) is 51.0 Å². The van der Waals surface area contributed by atoms with E-state index in [-0.39, 0.29) is 11.5 Å². The lowest BCUT2D eigenvalue weighted by molar-refractivity contribution is -0.129. The van der Waals surface area contributed by atoms with Crippen molar-refractivity contribution in [3.63, 3.8) is 0 Å². The van der Waals surface area contributed by atoms with Crippen molar-refractivity contribution in [2.75, 3.05) is 6.61 Å². The van der Waals surface area contributed by atoms with Crippen LogP contribution in [0, 0.1) is 5.41 Å². The maximum atomic E-state index is 11.1. The number of rotatable bonds is 2. The lowest BCUT2D eigenvalue weighted by Crippen LogP contribution is -2.38. The lowest BCUT2D eigenvalue weighted by Gasteiger charge is -2.35. The molecule has 2 fully saturated rings. The van der Waals surface area contributed by atoms with Crippen LogP contribution in [0.1, 0.15) is 44.9 Å². The van der Waals surface area contributed by atoms with Gasteiger partial charge in [0.25, 0.3) is 0 Å². The fourth-order valence-corrected chi connectivity index (χ4v) is 2.74. The van der Waals surface area contributed by atoms with E-state index >= 15 is 0 Å². The highest BCUT2D eigenvalue weighted by atomic mass is 16.5. The van der Waals surface area contributed by atoms with E-state index in [1.165, 1.54) is 32.0 Å². The Kier molecular flexibility index (Phi) is 2.68. The zero-order chi connectivity index (χ0) is 9.15. The number of hydrogen-bond donors (Lipinski definition) is 0. The van der Waals surface area contributed by atoms with E-state index in [9.17, 15) is 4.79 Å². The van der Waals surface area contributed by atoms with E-state index in [1.54, 1.807) is 0 Å². The summed E-state index contributed by atoms with van der Waals surface area (Å²) in [7, 11) is 0. The van der Waals surface area contributed by atoms with Gasteiger partial charge in [0.1, 0.15) is 6.29 Å². The molecule has 0 aromatic heterocycles. The Hall–Kier alpha value is -0.370. The van der Waals surface area contributed by atoms with Gasteiger partial charge in [-0.2, -0.15) is 0 Å². The second kappa shape index (κ2) is 3.79. The summed E-state index contributed by atoms with van der Waals surface area (Å²) in [4.78, 5) is 11.1. The highest BCUT2D eigenvalue weighted by molar-refractivity contribution is 5.61. The largest absolute Gasteiger partial charge is 0.377 e. The predicted molar refractivity (Wildman–Crippen MR) is 50.6 cm³/mol. The van der Waals surface area contributed by atoms with Gasteiger partial charge in [0.2, 0.25) is 0 Å². The minimum atomic E-state index is -0.0968. The molecule has 0 bridgehead atoms. The molecule has 74 valence electrons. The molecule has 2 aliphatic rings. The SMILES string of the molecule is O=CC1(C2CCCCO2)CCCC1. The van der Waals surface area contributed by atoms with E-state index in [2.05, 4.69) is 0 Å². The van der Waals surface area contributed by atoms with E-state index in [0.29, 0.717) is 0 Å². The number of ether oxygens (including phenoxy) is 1. The number of carbonyl (C=O) groups excluding carboxylic acids is 1. The fourth-order valence-electron chi connectivity index (χ4n) is 2.74. The molecule has 0 N–H and O–H groups in total. The smallest absolute Gasteiger partial charge is 0.128 e. The monoisotopic (exact) mass is 182 g/mol. The van der Waals surface area contributed by atoms with Crippen LogP contribution in [-0.2, 0) is 9.53 Å². The first-order valence-corrected chi connectivity index (χ1v) is 5.45. The number of hydrogen-bond acceptors (Lipinski definition) is 2. The van der Waals surface area contributed by atoms with Crippen molar-refractivity contribution in [1.29, 1.82) is 0 Å². The van der Waals surface area contributed by atoms with Crippen LogP contribution in [0.15, 0.2) is 0 Å². The maximum absolute atomic E-state index is 11.1. The molecule has 1 saturated carbocycles. The average molecular weight is 182 g/mol. The van der Waals surface area contributed by atoms with Crippen molar-refractivity contribution in [3.8, 4) is 0 Å². The van der Waals surface area contributed by atoms with Crippen LogP contribution in [0.25, 0.3) is 0 Å². The molecule has 0 radical (unpaired) electrons. The van der Waals surface area contributed by atoms with Gasteiger partial charge in [-0.15, -0.1) is 0 Å². The molecular weight excluding hydrogens is 164 g/mol. The molecule has 0 aromatic rings. The zero-order valence-corrected chi connectivity index (χ0v) is 8.13. The molecule has 0 amide bonds. The highest BCUT2D eigenvalue weighted by Gasteiger charge is 2.42. The third-order valence-corrected chi connectivity index (χ3v) is 3.59. The summed E-state index contributed by atoms with van der Waals surface area (Å²) in [6, 6.07) is 0. The highest BCUT2D eigenvalue weighted by Crippen LogP contribution is 2.43. The van der Waals surface area contributed by atoms with Crippen LogP contribution in [0.2, 0.25) is 0 Å². The van der Waals surface area contributed by atoms with Crippen molar-refractivity contribution in [1.82, 2.24) is 0 Å². The summed E-state index contributed by atoms with van der Waals surface area (Å²) in [5, 5.41) is 0. The molecule has 1 saturated heterocycles. The molecule has 2 heteroatoms. The molecule has 1 aliphatic heterocycles. The first-order valence-electron chi connectivity index (χ1n) is 5.45. The number of carbonyl (C=O) groups is 1. The van der Waals surface area contributed by atoms with Gasteiger partial charge in [0, 0.05) is 6.61 Å². The van der Waals surface area contributed by atoms with E-state index < -0.39 is 0 Å². The second-order valence-corrected chi connectivity index (χ2v) is 4.41. The van der Waals surface area contributed by atoms with Gasteiger partial charge in [0.05, 0.1) is 11.5 Å². The van der Waals surface area contributed by atoms with E-state index in [1.807, 2.05) is 0 Å². The Bertz CT molecular complexity index is 177. The molecule has 0 spiro atoms. The summed E-state index contributed by atoms with van der Waals surface area (Å²) in [6.45, 7) is 0.861. The topological polar surface area (TPSA) is 26.3 Å². The van der Waals surface area contributed by atoms with Crippen molar-refractivity contribution >= 4 is 6.29 Å². The Labute approximate surface area is 79.7 Å². The summed E-state index contributed by atoms with van der Waals surface area (Å²) in [5.74, 6) is 0. The van der Waals surface area contributed by atoms with Crippen LogP contribution in [0.3, 0.4) is 0 Å². The standard InChI is InChI=1S/C11H18O2/c12-9-11(6-2-3-7-11)10-5-1-4-8-13-10/h9-10H,1-8H2. The van der Waals surface area contributed by atoms with Crippen LogP contribution >= 0.6 is 0 Å². The first-order chi connectivity index (χ1) is 6.37. The third kappa shape index (κ3) is 1.64. The number of aldehydes is 1. The van der Waals surface area contributed by atoms with Crippen molar-refractivity contribution < 1.29 is 9.53 Å². The quantitative estimate of drug-likeness (QED) is 0.612. The molecule has 0 aromatic carbocycles. The molecule has 2 rings (SSSR count). The molecule has 13 heavy (non-hydrogen) atoms. The summed E-state index contributed by atoms with van der Waals surface area (Å²) in [5.41, 5.74) is -0.0968. The average Bonchev–Trinajstić information content (AvgIpc) is 2.69. The Morgan fingerprint density at radius 3 is 2.46 bits per heavy atom. The van der Waals surface area contributed by atoms with Gasteiger partial charge >= 0.3 is 0 Å². The van der Waals surface area contributed by atoms with Gasteiger partial charge in [-0.1, -0.05) is 12.8 Å². The normalized spacial score (nSPS) is 33.1. The molecule has 1 unspecified atom stereocenters. The van der Waals surface area contributed by atoms with Gasteiger partial charge < -0.3 is 9.53 Å². The first kappa shape index (κ1) is 9.20. The van der Waals surface area contributed by atoms with Crippen LogP contribution in [0.5, 0.6) is 0 Å². The van der Waals surface area contributed by atoms with E-state index in [4.69, 9.17) is 4.74 Å². The molecule has 1 aliphatic carbocycles. The van der Waals surface area contributed by atoms with Gasteiger partial charge in [-0.3, -0.25) is 0 Å². The molecule has 1 atom stereocenters. The summed E-state index contributed by atoms with van der Waals surface area (Å²) >= 11 is 0. The van der Waals surface area contributed by atoms with Gasteiger partial charge in [-0.05, 0) is 32.1 Å². The van der Waals surface area contributed by atoms with E-state index in [0.717, 1.165) is 25.9 Å². The van der Waals surface area contributed by atoms with Crippen molar-refractivity contribution in [2.24, 2.45) is 5.41 Å². The fraction of sp³-hybridized carbons (Fsp3) is 0.909.